The average Bonchev–Trinajstić information content (AvgIpc) is 2.39. The Balaban J connectivity index is 2.47. The maximum Gasteiger partial charge on any atom is 0.134 e. The summed E-state index contributed by atoms with van der Waals surface area (Å²) >= 11 is 0. The molecule has 5 N–H and O–H groups in total. The number of rotatable bonds is 3. The topological polar surface area (TPSA) is 97.5 Å². The fourth-order valence-corrected chi connectivity index (χ4v) is 1.72. The molecule has 5 heteroatoms. The second kappa shape index (κ2) is 5.29. The van der Waals surface area contributed by atoms with E-state index in [1.54, 1.807) is 12.3 Å². The van der Waals surface area contributed by atoms with Crippen LogP contribution < -0.4 is 11.5 Å². The minimum Gasteiger partial charge on any atom is -0.506 e. The van der Waals surface area contributed by atoms with Crippen LogP contribution >= 0.6 is 0 Å². The van der Waals surface area contributed by atoms with Crippen molar-refractivity contribution in [2.24, 2.45) is 16.5 Å². The summed E-state index contributed by atoms with van der Waals surface area (Å²) in [4.78, 5) is 7.98. The van der Waals surface area contributed by atoms with E-state index in [1.807, 2.05) is 18.2 Å². The highest BCUT2D eigenvalue weighted by Gasteiger charge is 2.04. The summed E-state index contributed by atoms with van der Waals surface area (Å²) in [5.41, 5.74) is 14.3. The molecule has 0 aliphatic heterocycles. The lowest BCUT2D eigenvalue weighted by Crippen LogP contribution is -1.98. The second-order valence-electron chi connectivity index (χ2n) is 3.76. The van der Waals surface area contributed by atoms with E-state index < -0.39 is 0 Å². The molecular weight excluding hydrogens is 228 g/mol. The van der Waals surface area contributed by atoms with Crippen molar-refractivity contribution in [2.75, 3.05) is 0 Å². The van der Waals surface area contributed by atoms with E-state index in [0.717, 1.165) is 22.4 Å². The summed E-state index contributed by atoms with van der Waals surface area (Å²) in [6, 6.07) is 7.29. The molecule has 5 nitrogen and oxygen atoms in total. The molecule has 0 aliphatic rings. The van der Waals surface area contributed by atoms with Gasteiger partial charge in [0.05, 0.1) is 18.2 Å². The first-order valence-corrected chi connectivity index (χ1v) is 5.46. The Hall–Kier alpha value is -2.40. The number of benzene rings is 1. The van der Waals surface area contributed by atoms with E-state index >= 15 is 0 Å². The monoisotopic (exact) mass is 242 g/mol. The van der Waals surface area contributed by atoms with Crippen molar-refractivity contribution in [1.82, 2.24) is 4.98 Å². The van der Waals surface area contributed by atoms with Gasteiger partial charge in [0.1, 0.15) is 5.75 Å². The number of aromatic nitrogens is 1. The Morgan fingerprint density at radius 3 is 2.72 bits per heavy atom. The average molecular weight is 242 g/mol. The Morgan fingerprint density at radius 1 is 1.22 bits per heavy atom. The number of aromatic hydroxyl groups is 1. The predicted molar refractivity (Wildman–Crippen MR) is 71.6 cm³/mol. The van der Waals surface area contributed by atoms with E-state index in [9.17, 15) is 5.11 Å². The largest absolute Gasteiger partial charge is 0.506 e. The molecule has 0 aliphatic carbocycles. The van der Waals surface area contributed by atoms with Crippen molar-refractivity contribution in [3.63, 3.8) is 0 Å². The fraction of sp³-hybridized carbons (Fsp3) is 0.0769. The van der Waals surface area contributed by atoms with E-state index in [-0.39, 0.29) is 5.75 Å². The molecule has 1 aromatic carbocycles. The smallest absolute Gasteiger partial charge is 0.134 e. The van der Waals surface area contributed by atoms with E-state index in [4.69, 9.17) is 11.5 Å². The summed E-state index contributed by atoms with van der Waals surface area (Å²) in [5.74, 6) is 0.130. The molecule has 2 rings (SSSR count). The molecule has 1 heterocycles. The van der Waals surface area contributed by atoms with Gasteiger partial charge in [-0.2, -0.15) is 0 Å². The normalized spacial score (nSPS) is 10.9. The molecule has 18 heavy (non-hydrogen) atoms. The maximum atomic E-state index is 9.41. The van der Waals surface area contributed by atoms with Gasteiger partial charge in [-0.3, -0.25) is 4.98 Å². The van der Waals surface area contributed by atoms with Crippen molar-refractivity contribution in [1.29, 1.82) is 0 Å². The summed E-state index contributed by atoms with van der Waals surface area (Å²) in [5, 5.41) is 9.41. The van der Waals surface area contributed by atoms with Crippen LogP contribution in [-0.2, 0) is 6.54 Å². The first-order chi connectivity index (χ1) is 8.74. The Labute approximate surface area is 105 Å². The lowest BCUT2D eigenvalue weighted by molar-refractivity contribution is 0.473. The molecule has 0 radical (unpaired) electrons. The van der Waals surface area contributed by atoms with Gasteiger partial charge in [0.2, 0.25) is 0 Å². The fourth-order valence-electron chi connectivity index (χ4n) is 1.72. The molecule has 1 aromatic heterocycles. The van der Waals surface area contributed by atoms with Crippen molar-refractivity contribution >= 4 is 12.0 Å². The maximum absolute atomic E-state index is 9.41. The number of hydrogen-bond donors (Lipinski definition) is 3. The zero-order valence-electron chi connectivity index (χ0n) is 9.74. The SMILES string of the molecule is NC=Nc1ccc(-c2cncc(O)c2)cc1CN. The van der Waals surface area contributed by atoms with Gasteiger partial charge in [0.25, 0.3) is 0 Å². The number of hydrogen-bond acceptors (Lipinski definition) is 4. The lowest BCUT2D eigenvalue weighted by Gasteiger charge is -2.07. The van der Waals surface area contributed by atoms with Crippen LogP contribution in [-0.4, -0.2) is 16.4 Å². The third kappa shape index (κ3) is 2.46. The first-order valence-electron chi connectivity index (χ1n) is 5.46. The van der Waals surface area contributed by atoms with E-state index in [0.29, 0.717) is 6.54 Å². The van der Waals surface area contributed by atoms with Crippen LogP contribution in [0.25, 0.3) is 11.1 Å². The molecule has 0 bridgehead atoms. The molecule has 92 valence electrons. The number of nitrogens with two attached hydrogens (primary N) is 2. The third-order valence-electron chi connectivity index (χ3n) is 2.57. The third-order valence-corrected chi connectivity index (χ3v) is 2.57. The van der Waals surface area contributed by atoms with E-state index in [1.165, 1.54) is 12.5 Å². The van der Waals surface area contributed by atoms with E-state index in [2.05, 4.69) is 9.98 Å². The van der Waals surface area contributed by atoms with Gasteiger partial charge < -0.3 is 16.6 Å². The molecule has 0 atom stereocenters. The number of aliphatic imine (C=N–C) groups is 1. The lowest BCUT2D eigenvalue weighted by atomic mass is 10.0. The van der Waals surface area contributed by atoms with Gasteiger partial charge in [0.15, 0.2) is 0 Å². The van der Waals surface area contributed by atoms with Gasteiger partial charge in [-0.1, -0.05) is 6.07 Å². The zero-order valence-corrected chi connectivity index (χ0v) is 9.74. The van der Waals surface area contributed by atoms with Crippen LogP contribution in [0, 0.1) is 0 Å². The Morgan fingerprint density at radius 2 is 2.06 bits per heavy atom. The van der Waals surface area contributed by atoms with Crippen LogP contribution in [0.2, 0.25) is 0 Å². The zero-order chi connectivity index (χ0) is 13.0. The Bertz CT molecular complexity index is 581. The van der Waals surface area contributed by atoms with Gasteiger partial charge in [-0.05, 0) is 29.3 Å². The van der Waals surface area contributed by atoms with Crippen LogP contribution in [0.4, 0.5) is 5.69 Å². The van der Waals surface area contributed by atoms with Gasteiger partial charge >= 0.3 is 0 Å². The summed E-state index contributed by atoms with van der Waals surface area (Å²) in [6.45, 7) is 0.368. The first kappa shape index (κ1) is 12.1. The molecule has 0 amide bonds. The van der Waals surface area contributed by atoms with Crippen LogP contribution in [0.3, 0.4) is 0 Å². The molecule has 2 aromatic rings. The van der Waals surface area contributed by atoms with Crippen molar-refractivity contribution in [3.05, 3.63) is 42.2 Å². The summed E-state index contributed by atoms with van der Waals surface area (Å²) in [6.07, 6.45) is 4.31. The Kier molecular flexibility index (Phi) is 3.54. The number of nitrogens with zero attached hydrogens (tertiary/aromatic N) is 2. The second-order valence-corrected chi connectivity index (χ2v) is 3.76. The van der Waals surface area contributed by atoms with Crippen LogP contribution in [0.5, 0.6) is 5.75 Å². The van der Waals surface area contributed by atoms with Gasteiger partial charge in [0, 0.05) is 18.3 Å². The van der Waals surface area contributed by atoms with Gasteiger partial charge in [-0.25, -0.2) is 4.99 Å². The number of pyridine rings is 1. The van der Waals surface area contributed by atoms with Crippen LogP contribution in [0.1, 0.15) is 5.56 Å². The molecule has 0 saturated carbocycles. The quantitative estimate of drug-likeness (QED) is 0.561. The predicted octanol–water partition coefficient (Wildman–Crippen LogP) is 1.53. The van der Waals surface area contributed by atoms with Crippen LogP contribution in [0.15, 0.2) is 41.7 Å². The van der Waals surface area contributed by atoms with Crippen molar-refractivity contribution in [3.8, 4) is 16.9 Å². The minimum atomic E-state index is 0.130. The summed E-state index contributed by atoms with van der Waals surface area (Å²) < 4.78 is 0. The molecule has 0 fully saturated rings. The highest BCUT2D eigenvalue weighted by molar-refractivity contribution is 5.69. The highest BCUT2D eigenvalue weighted by Crippen LogP contribution is 2.27. The summed E-state index contributed by atoms with van der Waals surface area (Å²) in [7, 11) is 0. The van der Waals surface area contributed by atoms with Gasteiger partial charge in [-0.15, -0.1) is 0 Å². The molecule has 0 spiro atoms. The molecule has 0 saturated heterocycles. The molecular formula is C13H14N4O. The van der Waals surface area contributed by atoms with Crippen molar-refractivity contribution in [2.45, 2.75) is 6.54 Å². The van der Waals surface area contributed by atoms with Crippen molar-refractivity contribution < 1.29 is 5.11 Å². The minimum absolute atomic E-state index is 0.130. The molecule has 0 unspecified atom stereocenters. The highest BCUT2D eigenvalue weighted by atomic mass is 16.3. The standard InChI is InChI=1S/C13H14N4O/c14-5-10-3-9(1-2-13(10)17-8-15)11-4-12(18)7-16-6-11/h1-4,6-8,18H,5,14H2,(H2,15,17).